The zero-order valence-electron chi connectivity index (χ0n) is 38.5. The lowest BCUT2D eigenvalue weighted by Gasteiger charge is -2.37. The van der Waals surface area contributed by atoms with Gasteiger partial charge in [0.25, 0.3) is 21.8 Å². The number of carbonyl (C=O) groups is 2. The van der Waals surface area contributed by atoms with Crippen molar-refractivity contribution in [3.8, 4) is 11.1 Å². The molecule has 0 saturated carbocycles. The zero-order valence-corrected chi connectivity index (χ0v) is 40.2. The molecule has 17 heteroatoms. The summed E-state index contributed by atoms with van der Waals surface area (Å²) in [6, 6.07) is 26.1. The third kappa shape index (κ3) is 10.4. The number of hydrogen-bond acceptors (Lipinski definition) is 12. The number of sulfone groups is 1. The number of nitrogens with zero attached hydrogens (tertiary/aromatic N) is 6. The van der Waals surface area contributed by atoms with E-state index in [0.29, 0.717) is 65.1 Å². The van der Waals surface area contributed by atoms with Crippen LogP contribution in [0.4, 0.5) is 5.69 Å². The lowest BCUT2D eigenvalue weighted by Crippen LogP contribution is -2.50. The van der Waals surface area contributed by atoms with Crippen molar-refractivity contribution in [2.45, 2.75) is 52.9 Å². The van der Waals surface area contributed by atoms with E-state index >= 15 is 0 Å². The van der Waals surface area contributed by atoms with Crippen molar-refractivity contribution in [2.24, 2.45) is 5.92 Å². The number of para-hydroxylation sites is 1. The Balaban J connectivity index is 0.821. The van der Waals surface area contributed by atoms with Crippen LogP contribution >= 0.6 is 0 Å². The van der Waals surface area contributed by atoms with Gasteiger partial charge in [-0.2, -0.15) is 0 Å². The molecule has 0 spiro atoms. The largest absolute Gasteiger partial charge is 0.381 e. The zero-order chi connectivity index (χ0) is 47.5. The molecule has 4 aromatic carbocycles. The molecule has 2 atom stereocenters. The number of amides is 2. The van der Waals surface area contributed by atoms with E-state index in [2.05, 4.69) is 24.5 Å². The second-order valence-corrected chi connectivity index (χ2v) is 22.1. The van der Waals surface area contributed by atoms with Gasteiger partial charge in [-0.15, -0.1) is 0 Å². The highest BCUT2D eigenvalue weighted by molar-refractivity contribution is 7.93. The van der Waals surface area contributed by atoms with E-state index in [1.165, 1.54) is 49.5 Å². The molecule has 6 aromatic rings. The molecule has 69 heavy (non-hydrogen) atoms. The van der Waals surface area contributed by atoms with Crippen LogP contribution in [0.15, 0.2) is 124 Å². The number of carbonyl (C=O) groups excluding carboxylic acids is 2. The fourth-order valence-corrected chi connectivity index (χ4v) is 12.7. The number of hydrogen-bond donors (Lipinski definition) is 1. The van der Waals surface area contributed by atoms with Crippen LogP contribution in [0.25, 0.3) is 32.9 Å². The number of anilines is 1. The highest BCUT2D eigenvalue weighted by atomic mass is 32.2. The molecule has 1 N–H and O–H groups in total. The summed E-state index contributed by atoms with van der Waals surface area (Å²) in [5.74, 6) is 0.303. The van der Waals surface area contributed by atoms with E-state index in [0.717, 1.165) is 78.4 Å². The van der Waals surface area contributed by atoms with Crippen LogP contribution in [0.5, 0.6) is 0 Å². The first-order valence-corrected chi connectivity index (χ1v) is 26.9. The van der Waals surface area contributed by atoms with Gasteiger partial charge >= 0.3 is 0 Å². The standard InChI is InChI=1S/C52H57N7O8S2/c60-51(59-26-22-57(23-27-59)35-45-9-1-2-29-67-45)38-11-15-44(16-12-38)55-69(64,65)48-32-42(30-41-8-4-19-53-50(41)48)43-31-40-7-3-10-47(49(40)54-33-43)68(62,63)46-17-13-39(14-18-46)52(61)58-24-20-56(21-25-58)34-37-6-5-28-66-36-37/h3-4,7-8,10-19,30-33,37,45,55H,1-2,5-6,9,20-29,34-36H2/t37-,45+/m0/s1. The molecule has 0 bridgehead atoms. The Hall–Kier alpha value is -5.82. The number of pyridine rings is 2. The molecule has 4 fully saturated rings. The van der Waals surface area contributed by atoms with Crippen LogP contribution < -0.4 is 4.72 Å². The summed E-state index contributed by atoms with van der Waals surface area (Å²) in [5.41, 5.74) is 2.82. The van der Waals surface area contributed by atoms with Crippen LogP contribution in [0.3, 0.4) is 0 Å². The Morgan fingerprint density at radius 1 is 0.623 bits per heavy atom. The minimum absolute atomic E-state index is 0.0102. The number of aromatic nitrogens is 2. The van der Waals surface area contributed by atoms with Crippen molar-refractivity contribution in [3.63, 3.8) is 0 Å². The Bertz CT molecular complexity index is 3050. The molecule has 4 aliphatic heterocycles. The van der Waals surface area contributed by atoms with Crippen LogP contribution in [0, 0.1) is 5.92 Å². The van der Waals surface area contributed by atoms with Gasteiger partial charge in [0.05, 0.1) is 33.5 Å². The van der Waals surface area contributed by atoms with Gasteiger partial charge in [0.1, 0.15) is 4.90 Å². The van der Waals surface area contributed by atoms with E-state index in [4.69, 9.17) is 9.47 Å². The summed E-state index contributed by atoms with van der Waals surface area (Å²) in [5, 5.41) is 1.11. The molecule has 10 rings (SSSR count). The average Bonchev–Trinajstić information content (AvgIpc) is 3.38. The van der Waals surface area contributed by atoms with E-state index in [-0.39, 0.29) is 49.3 Å². The molecule has 4 saturated heterocycles. The molecule has 360 valence electrons. The average molecular weight is 972 g/mol. The van der Waals surface area contributed by atoms with Gasteiger partial charge in [-0.25, -0.2) is 16.8 Å². The second kappa shape index (κ2) is 20.3. The van der Waals surface area contributed by atoms with Crippen molar-refractivity contribution in [1.29, 1.82) is 0 Å². The number of nitrogens with one attached hydrogen (secondary N) is 1. The molecule has 2 amide bonds. The lowest BCUT2D eigenvalue weighted by molar-refractivity contribution is -0.0130. The van der Waals surface area contributed by atoms with Gasteiger partial charge in [-0.1, -0.05) is 18.2 Å². The van der Waals surface area contributed by atoms with Crippen molar-refractivity contribution in [3.05, 3.63) is 121 Å². The second-order valence-electron chi connectivity index (χ2n) is 18.6. The third-order valence-corrected chi connectivity index (χ3v) is 17.1. The smallest absolute Gasteiger partial charge is 0.264 e. The Morgan fingerprint density at radius 2 is 1.26 bits per heavy atom. The van der Waals surface area contributed by atoms with E-state index in [1.807, 2.05) is 15.9 Å². The van der Waals surface area contributed by atoms with E-state index in [9.17, 15) is 26.4 Å². The first-order valence-electron chi connectivity index (χ1n) is 24.0. The monoisotopic (exact) mass is 971 g/mol. The number of rotatable bonds is 12. The molecule has 0 unspecified atom stereocenters. The minimum atomic E-state index is -4.22. The molecule has 0 radical (unpaired) electrons. The molecule has 6 heterocycles. The highest BCUT2D eigenvalue weighted by Gasteiger charge is 2.29. The fourth-order valence-electron chi connectivity index (χ4n) is 10.0. The first-order chi connectivity index (χ1) is 33.5. The minimum Gasteiger partial charge on any atom is -0.381 e. The third-order valence-electron chi connectivity index (χ3n) is 13.9. The summed E-state index contributed by atoms with van der Waals surface area (Å²) in [7, 11) is -8.28. The summed E-state index contributed by atoms with van der Waals surface area (Å²) in [6.07, 6.45) is 8.97. The highest BCUT2D eigenvalue weighted by Crippen LogP contribution is 2.34. The van der Waals surface area contributed by atoms with Gasteiger partial charge in [-0.3, -0.25) is 34.1 Å². The van der Waals surface area contributed by atoms with Crippen LogP contribution in [0.2, 0.25) is 0 Å². The fraction of sp³-hybridized carbons (Fsp3) is 0.385. The maximum Gasteiger partial charge on any atom is 0.264 e. The predicted octanol–water partition coefficient (Wildman–Crippen LogP) is 6.59. The van der Waals surface area contributed by atoms with Crippen molar-refractivity contribution >= 4 is 59.2 Å². The SMILES string of the molecule is O=C(c1ccc(S(=O)(=O)c2cccc3cc(-c4cc(S(=O)(=O)Nc5ccc(C(=O)N6CCN(C[C@H]7CCCCO7)CC6)cc5)c5ncccc5c4)cnc23)cc1)N1CCN(C[C@@H]2CCCOC2)CC1. The number of ether oxygens (including phenoxy) is 2. The Morgan fingerprint density at radius 3 is 1.91 bits per heavy atom. The quantitative estimate of drug-likeness (QED) is 0.140. The maximum atomic E-state index is 14.2. The normalized spacial score (nSPS) is 20.0. The van der Waals surface area contributed by atoms with Gasteiger partial charge in [0, 0.05) is 124 Å². The number of piperazine rings is 2. The first kappa shape index (κ1) is 46.9. The maximum absolute atomic E-state index is 14.2. The van der Waals surface area contributed by atoms with Gasteiger partial charge in [-0.05, 0) is 122 Å². The van der Waals surface area contributed by atoms with E-state index in [1.54, 1.807) is 66.7 Å². The topological polar surface area (TPSA) is 172 Å². The molecule has 15 nitrogen and oxygen atoms in total. The van der Waals surface area contributed by atoms with Crippen molar-refractivity contribution in [2.75, 3.05) is 90.0 Å². The molecular weight excluding hydrogens is 915 g/mol. The molecule has 2 aromatic heterocycles. The van der Waals surface area contributed by atoms with Crippen LogP contribution in [-0.4, -0.2) is 150 Å². The summed E-state index contributed by atoms with van der Waals surface area (Å²) in [4.78, 5) is 44.4. The summed E-state index contributed by atoms with van der Waals surface area (Å²) >= 11 is 0. The molecule has 0 aliphatic carbocycles. The van der Waals surface area contributed by atoms with E-state index < -0.39 is 19.9 Å². The molecular formula is C52H57N7O8S2. The van der Waals surface area contributed by atoms with Crippen LogP contribution in [-0.2, 0) is 29.3 Å². The summed E-state index contributed by atoms with van der Waals surface area (Å²) in [6.45, 7) is 9.87. The molecule has 4 aliphatic rings. The number of sulfonamides is 1. The lowest BCUT2D eigenvalue weighted by atomic mass is 10.0. The number of benzene rings is 4. The predicted molar refractivity (Wildman–Crippen MR) is 263 cm³/mol. The van der Waals surface area contributed by atoms with Crippen LogP contribution in [0.1, 0.15) is 52.8 Å². The Kier molecular flexibility index (Phi) is 13.8. The van der Waals surface area contributed by atoms with Crippen molar-refractivity contribution < 1.29 is 35.9 Å². The summed E-state index contributed by atoms with van der Waals surface area (Å²) < 4.78 is 71.0. The Labute approximate surface area is 403 Å². The van der Waals surface area contributed by atoms with Gasteiger partial charge in [0.15, 0.2) is 0 Å². The number of fused-ring (bicyclic) bond motifs is 2. The van der Waals surface area contributed by atoms with Crippen molar-refractivity contribution in [1.82, 2.24) is 29.6 Å². The van der Waals surface area contributed by atoms with Gasteiger partial charge in [0.2, 0.25) is 9.84 Å². The van der Waals surface area contributed by atoms with Gasteiger partial charge < -0.3 is 19.3 Å².